The quantitative estimate of drug-likeness (QED) is 0.270. The number of likely N-dealkylation sites (tertiary alicyclic amines) is 1. The zero-order chi connectivity index (χ0) is 30.4. The Morgan fingerprint density at radius 2 is 1.53 bits per heavy atom. The lowest BCUT2D eigenvalue weighted by Gasteiger charge is -2.36. The van der Waals surface area contributed by atoms with Crippen molar-refractivity contribution in [3.8, 4) is 11.1 Å². The Hall–Kier alpha value is -4.05. The summed E-state index contributed by atoms with van der Waals surface area (Å²) in [6, 6.07) is 15.4. The smallest absolute Gasteiger partial charge is 0.346 e. The number of carbonyl (C=O) groups is 2. The Morgan fingerprint density at radius 3 is 2.14 bits per heavy atom. The van der Waals surface area contributed by atoms with Gasteiger partial charge in [-0.05, 0) is 77.4 Å². The van der Waals surface area contributed by atoms with Crippen LogP contribution in [0.25, 0.3) is 11.1 Å². The molecule has 1 N–H and O–H groups in total. The van der Waals surface area contributed by atoms with Gasteiger partial charge in [0.1, 0.15) is 23.6 Å². The van der Waals surface area contributed by atoms with Crippen LogP contribution in [-0.4, -0.2) is 60.0 Å². The van der Waals surface area contributed by atoms with E-state index in [4.69, 9.17) is 0 Å². The molecule has 3 aromatic carbocycles. The van der Waals surface area contributed by atoms with Crippen LogP contribution in [0.15, 0.2) is 72.8 Å². The van der Waals surface area contributed by atoms with E-state index in [1.54, 1.807) is 6.08 Å². The average molecular weight is 596 g/mol. The summed E-state index contributed by atoms with van der Waals surface area (Å²) in [4.78, 5) is 30.6. The van der Waals surface area contributed by atoms with Crippen molar-refractivity contribution in [2.24, 2.45) is 0 Å². The Labute approximate surface area is 246 Å². The molecule has 0 spiro atoms. The fourth-order valence-electron chi connectivity index (χ4n) is 6.71. The van der Waals surface area contributed by atoms with Gasteiger partial charge in [0.2, 0.25) is 5.91 Å². The fraction of sp³-hybridized carbons (Fsp3) is 0.333. The van der Waals surface area contributed by atoms with Crippen molar-refractivity contribution < 1.29 is 31.5 Å². The van der Waals surface area contributed by atoms with Crippen LogP contribution >= 0.6 is 0 Å². The van der Waals surface area contributed by atoms with E-state index in [9.17, 15) is 31.5 Å². The van der Waals surface area contributed by atoms with Crippen LogP contribution in [-0.2, 0) is 16.8 Å². The van der Waals surface area contributed by atoms with Crippen molar-refractivity contribution >= 4 is 11.8 Å². The third-order valence-corrected chi connectivity index (χ3v) is 8.81. The zero-order valence-electron chi connectivity index (χ0n) is 23.3. The SMILES string of the molecule is O=C1c2ccccc2CN1C1CCN(CC=CCC2(C(=O)NCC(F)(F)F)c3cc(F)ccc3-c3ccc(F)cc32)CC1. The first-order chi connectivity index (χ1) is 20.6. The standard InChI is InChI=1S/C33H30F5N3O2/c34-22-7-9-26-27-10-8-23(35)18-29(27)32(28(26)17-22,31(43)39-20-33(36,37)38)13-3-4-14-40-15-11-24(12-16-40)41-19-21-5-1-2-6-25(21)30(41)42/h1-10,17-18,24H,11-16,19-20H2,(H,39,43). The molecule has 10 heteroatoms. The summed E-state index contributed by atoms with van der Waals surface area (Å²) in [6.45, 7) is 1.06. The van der Waals surface area contributed by atoms with E-state index in [0.29, 0.717) is 24.2 Å². The van der Waals surface area contributed by atoms with Crippen molar-refractivity contribution in [3.05, 3.63) is 107 Å². The summed E-state index contributed by atoms with van der Waals surface area (Å²) in [6.07, 6.45) is 0.407. The second-order valence-corrected chi connectivity index (χ2v) is 11.4. The number of allylic oxidation sites excluding steroid dienone is 1. The third-order valence-electron chi connectivity index (χ3n) is 8.81. The van der Waals surface area contributed by atoms with Gasteiger partial charge in [-0.15, -0.1) is 0 Å². The molecule has 0 saturated carbocycles. The van der Waals surface area contributed by atoms with E-state index in [1.165, 1.54) is 24.3 Å². The molecule has 0 aromatic heterocycles. The van der Waals surface area contributed by atoms with E-state index < -0.39 is 35.7 Å². The summed E-state index contributed by atoms with van der Waals surface area (Å²) < 4.78 is 68.3. The highest BCUT2D eigenvalue weighted by Gasteiger charge is 2.49. The first-order valence-corrected chi connectivity index (χ1v) is 14.3. The van der Waals surface area contributed by atoms with Crippen molar-refractivity contribution in [2.75, 3.05) is 26.2 Å². The normalized spacial score (nSPS) is 18.2. The fourth-order valence-corrected chi connectivity index (χ4v) is 6.71. The van der Waals surface area contributed by atoms with Crippen molar-refractivity contribution in [2.45, 2.75) is 43.4 Å². The predicted molar refractivity (Wildman–Crippen MR) is 151 cm³/mol. The minimum Gasteiger partial charge on any atom is -0.346 e. The number of hydrogen-bond donors (Lipinski definition) is 1. The average Bonchev–Trinajstić information content (AvgIpc) is 3.46. The first-order valence-electron chi connectivity index (χ1n) is 14.3. The molecule has 5 nitrogen and oxygen atoms in total. The Kier molecular flexibility index (Phi) is 7.58. The van der Waals surface area contributed by atoms with Gasteiger partial charge in [-0.2, -0.15) is 13.2 Å². The van der Waals surface area contributed by atoms with Crippen LogP contribution in [0, 0.1) is 11.6 Å². The van der Waals surface area contributed by atoms with Gasteiger partial charge >= 0.3 is 6.18 Å². The van der Waals surface area contributed by atoms with E-state index in [0.717, 1.165) is 49.2 Å². The Bertz CT molecular complexity index is 1540. The minimum atomic E-state index is -4.66. The lowest BCUT2D eigenvalue weighted by Crippen LogP contribution is -2.47. The molecule has 224 valence electrons. The van der Waals surface area contributed by atoms with Crippen LogP contribution < -0.4 is 5.32 Å². The summed E-state index contributed by atoms with van der Waals surface area (Å²) in [5.41, 5.74) is 1.43. The molecule has 2 amide bonds. The van der Waals surface area contributed by atoms with Gasteiger partial charge in [0.15, 0.2) is 0 Å². The van der Waals surface area contributed by atoms with Crippen LogP contribution in [0.5, 0.6) is 0 Å². The van der Waals surface area contributed by atoms with Gasteiger partial charge in [0.05, 0.1) is 0 Å². The lowest BCUT2D eigenvalue weighted by molar-refractivity contribution is -0.140. The second kappa shape index (κ2) is 11.2. The van der Waals surface area contributed by atoms with Crippen molar-refractivity contribution in [1.29, 1.82) is 0 Å². The number of amides is 2. The second-order valence-electron chi connectivity index (χ2n) is 11.4. The Morgan fingerprint density at radius 1 is 0.907 bits per heavy atom. The third kappa shape index (κ3) is 5.44. The topological polar surface area (TPSA) is 52.7 Å². The van der Waals surface area contributed by atoms with Gasteiger partial charge in [-0.25, -0.2) is 8.78 Å². The number of fused-ring (bicyclic) bond motifs is 4. The molecular formula is C33H30F5N3O2. The minimum absolute atomic E-state index is 0.0630. The highest BCUT2D eigenvalue weighted by atomic mass is 19.4. The summed E-state index contributed by atoms with van der Waals surface area (Å²) in [5, 5.41) is 1.97. The highest BCUT2D eigenvalue weighted by Crippen LogP contribution is 2.51. The molecule has 0 atom stereocenters. The molecule has 0 radical (unpaired) electrons. The number of alkyl halides is 3. The maximum Gasteiger partial charge on any atom is 0.405 e. The van der Waals surface area contributed by atoms with Gasteiger partial charge in [-0.1, -0.05) is 42.5 Å². The predicted octanol–water partition coefficient (Wildman–Crippen LogP) is 5.98. The molecule has 6 rings (SSSR count). The number of hydrogen-bond acceptors (Lipinski definition) is 3. The van der Waals surface area contributed by atoms with Crippen LogP contribution in [0.1, 0.15) is 46.3 Å². The molecule has 3 aliphatic rings. The van der Waals surface area contributed by atoms with E-state index in [1.807, 2.05) is 40.6 Å². The summed E-state index contributed by atoms with van der Waals surface area (Å²) in [5.74, 6) is -2.20. The molecule has 0 unspecified atom stereocenters. The number of nitrogens with one attached hydrogen (secondary N) is 1. The molecule has 3 aromatic rings. The maximum absolute atomic E-state index is 14.5. The monoisotopic (exact) mass is 595 g/mol. The zero-order valence-corrected chi connectivity index (χ0v) is 23.3. The van der Waals surface area contributed by atoms with E-state index in [-0.39, 0.29) is 29.5 Å². The lowest BCUT2D eigenvalue weighted by atomic mass is 9.74. The summed E-state index contributed by atoms with van der Waals surface area (Å²) >= 11 is 0. The first kappa shape index (κ1) is 29.0. The number of carbonyl (C=O) groups excluding carboxylic acids is 2. The number of rotatable bonds is 7. The molecule has 1 saturated heterocycles. The van der Waals surface area contributed by atoms with Crippen LogP contribution in [0.2, 0.25) is 0 Å². The summed E-state index contributed by atoms with van der Waals surface area (Å²) in [7, 11) is 0. The molecule has 1 fully saturated rings. The Balaban J connectivity index is 1.18. The van der Waals surface area contributed by atoms with Gasteiger partial charge in [-0.3, -0.25) is 14.5 Å². The molecular weight excluding hydrogens is 565 g/mol. The molecule has 43 heavy (non-hydrogen) atoms. The van der Waals surface area contributed by atoms with Gasteiger partial charge in [0, 0.05) is 37.8 Å². The van der Waals surface area contributed by atoms with E-state index in [2.05, 4.69) is 4.90 Å². The number of piperidine rings is 1. The molecule has 2 heterocycles. The molecule has 2 aliphatic heterocycles. The maximum atomic E-state index is 14.5. The van der Waals surface area contributed by atoms with Gasteiger partial charge in [0.25, 0.3) is 5.91 Å². The van der Waals surface area contributed by atoms with Crippen molar-refractivity contribution in [3.63, 3.8) is 0 Å². The number of nitrogens with zero attached hydrogens (tertiary/aromatic N) is 2. The number of halogens is 5. The highest BCUT2D eigenvalue weighted by molar-refractivity contribution is 6.01. The van der Waals surface area contributed by atoms with Gasteiger partial charge < -0.3 is 10.2 Å². The van der Waals surface area contributed by atoms with Crippen LogP contribution in [0.3, 0.4) is 0 Å². The largest absolute Gasteiger partial charge is 0.405 e. The molecule has 0 bridgehead atoms. The number of benzene rings is 3. The van der Waals surface area contributed by atoms with E-state index >= 15 is 0 Å². The van der Waals surface area contributed by atoms with Crippen molar-refractivity contribution in [1.82, 2.24) is 15.1 Å². The van der Waals surface area contributed by atoms with Crippen LogP contribution in [0.4, 0.5) is 22.0 Å². The molecule has 1 aliphatic carbocycles.